The average molecular weight is 425 g/mol. The van der Waals surface area contributed by atoms with Crippen molar-refractivity contribution in [2.45, 2.75) is 23.8 Å². The first-order chi connectivity index (χ1) is 13.7. The molecule has 1 aromatic heterocycles. The summed E-state index contributed by atoms with van der Waals surface area (Å²) in [4.78, 5) is 12.1. The second kappa shape index (κ2) is 11.1. The topological polar surface area (TPSA) is 94.6 Å². The lowest BCUT2D eigenvalue weighted by atomic mass is 10.2. The van der Waals surface area contributed by atoms with Crippen LogP contribution in [0, 0.1) is 0 Å². The van der Waals surface area contributed by atoms with Gasteiger partial charge in [0.15, 0.2) is 15.8 Å². The fourth-order valence-corrected chi connectivity index (χ4v) is 4.03. The van der Waals surface area contributed by atoms with Crippen LogP contribution in [-0.4, -0.2) is 60.9 Å². The summed E-state index contributed by atoms with van der Waals surface area (Å²) in [5.74, 6) is 1.65. The van der Waals surface area contributed by atoms with Crippen LogP contribution in [0.15, 0.2) is 28.6 Å². The van der Waals surface area contributed by atoms with Gasteiger partial charge < -0.3 is 24.8 Å². The first-order valence-electron chi connectivity index (χ1n) is 9.17. The molecule has 1 aliphatic rings. The Bertz CT molecular complexity index is 759. The molecular weight excluding hydrogens is 400 g/mol. The van der Waals surface area contributed by atoms with Gasteiger partial charge in [0.05, 0.1) is 12.3 Å². The summed E-state index contributed by atoms with van der Waals surface area (Å²) in [5.41, 5.74) is 0. The molecule has 0 radical (unpaired) electrons. The van der Waals surface area contributed by atoms with Crippen molar-refractivity contribution >= 4 is 34.1 Å². The number of nitrogens with one attached hydrogen (secondary N) is 2. The van der Waals surface area contributed by atoms with Crippen LogP contribution in [0.1, 0.15) is 13.3 Å². The van der Waals surface area contributed by atoms with Gasteiger partial charge in [-0.2, -0.15) is 0 Å². The number of para-hydroxylation sites is 2. The van der Waals surface area contributed by atoms with Gasteiger partial charge in [0, 0.05) is 19.8 Å². The average Bonchev–Trinajstić information content (AvgIpc) is 3.18. The Kier molecular flexibility index (Phi) is 8.19. The molecule has 2 aromatic rings. The number of ether oxygens (including phenoxy) is 3. The Balaban J connectivity index is 1.32. The van der Waals surface area contributed by atoms with Gasteiger partial charge in [0.25, 0.3) is 0 Å². The predicted molar refractivity (Wildman–Crippen MR) is 110 cm³/mol. The van der Waals surface area contributed by atoms with E-state index in [0.717, 1.165) is 41.4 Å². The number of hydrogen-bond acceptors (Lipinski definition) is 9. The number of benzene rings is 1. The molecule has 2 N–H and O–H groups in total. The van der Waals surface area contributed by atoms with Crippen molar-refractivity contribution in [3.05, 3.63) is 24.3 Å². The van der Waals surface area contributed by atoms with Crippen LogP contribution in [0.4, 0.5) is 5.13 Å². The molecule has 0 fully saturated rings. The maximum Gasteiger partial charge on any atom is 0.230 e. The zero-order valence-corrected chi connectivity index (χ0v) is 17.3. The van der Waals surface area contributed by atoms with E-state index >= 15 is 0 Å². The zero-order chi connectivity index (χ0) is 19.6. The van der Waals surface area contributed by atoms with Gasteiger partial charge in [0.1, 0.15) is 12.7 Å². The molecule has 28 heavy (non-hydrogen) atoms. The molecule has 1 aromatic carbocycles. The number of amides is 1. The fraction of sp³-hybridized carbons (Fsp3) is 0.500. The van der Waals surface area contributed by atoms with E-state index in [1.807, 2.05) is 31.2 Å². The van der Waals surface area contributed by atoms with Gasteiger partial charge in [-0.1, -0.05) is 35.2 Å². The molecule has 1 atom stereocenters. The number of carbonyl (C=O) groups is 1. The number of rotatable bonds is 11. The number of aromatic nitrogens is 2. The molecule has 0 saturated heterocycles. The molecule has 152 valence electrons. The first kappa shape index (κ1) is 20.7. The van der Waals surface area contributed by atoms with E-state index in [0.29, 0.717) is 18.9 Å². The highest BCUT2D eigenvalue weighted by Gasteiger charge is 2.21. The van der Waals surface area contributed by atoms with Crippen LogP contribution in [-0.2, 0) is 9.53 Å². The third-order valence-corrected chi connectivity index (χ3v) is 5.79. The fourth-order valence-electron chi connectivity index (χ4n) is 2.42. The van der Waals surface area contributed by atoms with E-state index in [9.17, 15) is 4.79 Å². The molecule has 1 amide bonds. The smallest absolute Gasteiger partial charge is 0.230 e. The van der Waals surface area contributed by atoms with Crippen molar-refractivity contribution in [2.24, 2.45) is 0 Å². The molecule has 0 unspecified atom stereocenters. The Hall–Kier alpha value is -2.04. The lowest BCUT2D eigenvalue weighted by molar-refractivity contribution is -0.119. The molecule has 0 aliphatic carbocycles. The van der Waals surface area contributed by atoms with Crippen molar-refractivity contribution < 1.29 is 19.0 Å². The highest BCUT2D eigenvalue weighted by atomic mass is 32.2. The first-order valence-corrected chi connectivity index (χ1v) is 11.0. The number of hydrogen-bond donors (Lipinski definition) is 2. The minimum Gasteiger partial charge on any atom is -0.486 e. The molecule has 0 bridgehead atoms. The van der Waals surface area contributed by atoms with Crippen LogP contribution >= 0.6 is 23.1 Å². The minimum atomic E-state index is -0.196. The van der Waals surface area contributed by atoms with E-state index < -0.39 is 0 Å². The second-order valence-corrected chi connectivity index (χ2v) is 8.14. The van der Waals surface area contributed by atoms with Gasteiger partial charge in [-0.3, -0.25) is 4.79 Å². The van der Waals surface area contributed by atoms with E-state index in [-0.39, 0.29) is 17.8 Å². The van der Waals surface area contributed by atoms with Crippen molar-refractivity contribution in [1.82, 2.24) is 15.5 Å². The molecule has 0 spiro atoms. The molecule has 10 heteroatoms. The summed E-state index contributed by atoms with van der Waals surface area (Å²) in [6.07, 6.45) is 0.716. The lowest BCUT2D eigenvalue weighted by Gasteiger charge is -2.26. The molecule has 1 aliphatic heterocycles. The van der Waals surface area contributed by atoms with Crippen molar-refractivity contribution in [3.63, 3.8) is 0 Å². The van der Waals surface area contributed by atoms with Crippen LogP contribution in [0.2, 0.25) is 0 Å². The third-order valence-electron chi connectivity index (χ3n) is 3.77. The molecular formula is C18H24N4O4S2. The molecule has 0 saturated carbocycles. The normalized spacial score (nSPS) is 15.2. The predicted octanol–water partition coefficient (Wildman–Crippen LogP) is 2.42. The summed E-state index contributed by atoms with van der Waals surface area (Å²) in [7, 11) is 0. The number of anilines is 1. The minimum absolute atomic E-state index is 0.0751. The Morgan fingerprint density at radius 3 is 3.07 bits per heavy atom. The van der Waals surface area contributed by atoms with E-state index in [1.54, 1.807) is 0 Å². The second-order valence-electron chi connectivity index (χ2n) is 5.94. The van der Waals surface area contributed by atoms with Gasteiger partial charge in [-0.15, -0.1) is 10.2 Å². The van der Waals surface area contributed by atoms with Gasteiger partial charge in [0.2, 0.25) is 11.0 Å². The summed E-state index contributed by atoms with van der Waals surface area (Å²) >= 11 is 2.81. The SMILES string of the molecule is CCOCCCNc1nnc(SCC(=O)NC[C@H]2COc3ccccc3O2)s1. The van der Waals surface area contributed by atoms with Gasteiger partial charge in [-0.25, -0.2) is 0 Å². The lowest BCUT2D eigenvalue weighted by Crippen LogP contribution is -2.41. The Morgan fingerprint density at radius 1 is 1.36 bits per heavy atom. The quantitative estimate of drug-likeness (QED) is 0.420. The zero-order valence-electron chi connectivity index (χ0n) is 15.7. The van der Waals surface area contributed by atoms with Crippen molar-refractivity contribution in [3.8, 4) is 11.5 Å². The van der Waals surface area contributed by atoms with Gasteiger partial charge in [-0.05, 0) is 25.5 Å². The van der Waals surface area contributed by atoms with Crippen LogP contribution in [0.25, 0.3) is 0 Å². The summed E-state index contributed by atoms with van der Waals surface area (Å²) < 4.78 is 17.5. The molecule has 3 rings (SSSR count). The number of nitrogens with zero attached hydrogens (tertiary/aromatic N) is 2. The number of thioether (sulfide) groups is 1. The van der Waals surface area contributed by atoms with Crippen LogP contribution in [0.3, 0.4) is 0 Å². The maximum absolute atomic E-state index is 12.1. The monoisotopic (exact) mass is 424 g/mol. The highest BCUT2D eigenvalue weighted by Crippen LogP contribution is 2.30. The van der Waals surface area contributed by atoms with Crippen LogP contribution in [0.5, 0.6) is 11.5 Å². The third kappa shape index (κ3) is 6.54. The standard InChI is InChI=1S/C18H24N4O4S2/c1-2-24-9-5-8-19-17-21-22-18(28-17)27-12-16(23)20-10-13-11-25-14-6-3-4-7-15(14)26-13/h3-4,6-7,13H,2,5,8-12H2,1H3,(H,19,21)(H,20,23)/t13-/m0/s1. The van der Waals surface area contributed by atoms with Crippen LogP contribution < -0.4 is 20.1 Å². The van der Waals surface area contributed by atoms with E-state index in [2.05, 4.69) is 20.8 Å². The summed E-state index contributed by atoms with van der Waals surface area (Å²) in [6, 6.07) is 7.52. The highest BCUT2D eigenvalue weighted by molar-refractivity contribution is 8.01. The van der Waals surface area contributed by atoms with E-state index in [1.165, 1.54) is 23.1 Å². The maximum atomic E-state index is 12.1. The summed E-state index contributed by atoms with van der Waals surface area (Å²) in [6.45, 7) is 5.04. The Morgan fingerprint density at radius 2 is 2.21 bits per heavy atom. The molecule has 2 heterocycles. The van der Waals surface area contributed by atoms with Crippen molar-refractivity contribution in [2.75, 3.05) is 44.0 Å². The Labute approximate surface area is 172 Å². The number of carbonyl (C=O) groups excluding carboxylic acids is 1. The summed E-state index contributed by atoms with van der Waals surface area (Å²) in [5, 5.41) is 15.0. The van der Waals surface area contributed by atoms with Gasteiger partial charge >= 0.3 is 0 Å². The molecule has 8 nitrogen and oxygen atoms in total. The largest absolute Gasteiger partial charge is 0.486 e. The number of fused-ring (bicyclic) bond motifs is 1. The van der Waals surface area contributed by atoms with E-state index in [4.69, 9.17) is 14.2 Å². The van der Waals surface area contributed by atoms with Crippen molar-refractivity contribution in [1.29, 1.82) is 0 Å².